The van der Waals surface area contributed by atoms with Gasteiger partial charge in [-0.2, -0.15) is 13.2 Å². The number of pyridine rings is 1. The summed E-state index contributed by atoms with van der Waals surface area (Å²) in [6, 6.07) is 0.820. The van der Waals surface area contributed by atoms with Crippen molar-refractivity contribution in [3.8, 4) is 0 Å². The highest BCUT2D eigenvalue weighted by atomic mass is 35.5. The van der Waals surface area contributed by atoms with Crippen LogP contribution in [-0.2, 0) is 15.7 Å². The van der Waals surface area contributed by atoms with Crippen LogP contribution in [0.25, 0.3) is 0 Å². The number of amides is 1. The van der Waals surface area contributed by atoms with Gasteiger partial charge in [-0.3, -0.25) is 4.79 Å². The molecule has 1 amide bonds. The minimum Gasteiger partial charge on any atom is -0.372 e. The molecule has 1 fully saturated rings. The monoisotopic (exact) mass is 368 g/mol. The maximum absolute atomic E-state index is 12.6. The first-order chi connectivity index (χ1) is 10.7. The third-order valence-electron chi connectivity index (χ3n) is 3.24. The van der Waals surface area contributed by atoms with Crippen molar-refractivity contribution in [2.24, 2.45) is 0 Å². The maximum Gasteiger partial charge on any atom is 0.417 e. The molecule has 0 radical (unpaired) electrons. The number of hydrogen-bond donors (Lipinski definition) is 0. The van der Waals surface area contributed by atoms with Crippen molar-refractivity contribution >= 4 is 29.3 Å². The van der Waals surface area contributed by atoms with Crippen LogP contribution in [0.3, 0.4) is 0 Å². The van der Waals surface area contributed by atoms with Crippen molar-refractivity contribution in [2.45, 2.75) is 37.3 Å². The van der Waals surface area contributed by atoms with E-state index in [9.17, 15) is 18.0 Å². The summed E-state index contributed by atoms with van der Waals surface area (Å²) in [5.74, 6) is -0.0490. The Morgan fingerprint density at radius 1 is 1.43 bits per heavy atom. The third kappa shape index (κ3) is 4.99. The Morgan fingerprint density at radius 3 is 2.57 bits per heavy atom. The van der Waals surface area contributed by atoms with Gasteiger partial charge in [0.25, 0.3) is 0 Å². The van der Waals surface area contributed by atoms with Gasteiger partial charge in [0.2, 0.25) is 5.91 Å². The number of rotatable bonds is 3. The Labute approximate surface area is 141 Å². The van der Waals surface area contributed by atoms with E-state index in [0.717, 1.165) is 24.0 Å². The van der Waals surface area contributed by atoms with Gasteiger partial charge in [-0.15, -0.1) is 0 Å². The van der Waals surface area contributed by atoms with Crippen LogP contribution in [0.5, 0.6) is 0 Å². The van der Waals surface area contributed by atoms with Gasteiger partial charge in [-0.05, 0) is 19.9 Å². The van der Waals surface area contributed by atoms with Crippen LogP contribution in [0, 0.1) is 0 Å². The molecule has 1 saturated heterocycles. The molecule has 0 aromatic carbocycles. The molecular weight excluding hydrogens is 353 g/mol. The van der Waals surface area contributed by atoms with Crippen LogP contribution in [0.2, 0.25) is 5.02 Å². The van der Waals surface area contributed by atoms with Gasteiger partial charge in [-0.25, -0.2) is 4.98 Å². The van der Waals surface area contributed by atoms with Crippen molar-refractivity contribution in [3.63, 3.8) is 0 Å². The van der Waals surface area contributed by atoms with Gasteiger partial charge in [-0.1, -0.05) is 23.4 Å². The summed E-state index contributed by atoms with van der Waals surface area (Å²) in [6.45, 7) is 4.77. The lowest BCUT2D eigenvalue weighted by Crippen LogP contribution is -2.48. The summed E-state index contributed by atoms with van der Waals surface area (Å²) in [5.41, 5.74) is -0.908. The number of morpholine rings is 1. The van der Waals surface area contributed by atoms with E-state index in [0.29, 0.717) is 13.1 Å². The minimum absolute atomic E-state index is 0.0412. The zero-order valence-electron chi connectivity index (χ0n) is 12.6. The Kier molecular flexibility index (Phi) is 5.80. The highest BCUT2D eigenvalue weighted by Gasteiger charge is 2.32. The molecule has 2 rings (SSSR count). The lowest BCUT2D eigenvalue weighted by Gasteiger charge is -2.35. The standard InChI is InChI=1S/C14H16ClF3N2O2S/c1-8-5-20(6-9(2)22-8)12(21)7-23-13-11(15)3-10(4-19-13)14(16,17)18/h3-4,8-9H,5-7H2,1-2H3/t8-,9-/m0/s1. The molecule has 0 aliphatic carbocycles. The Bertz CT molecular complexity index is 576. The second kappa shape index (κ2) is 7.27. The summed E-state index contributed by atoms with van der Waals surface area (Å²) >= 11 is 6.85. The first-order valence-corrected chi connectivity index (χ1v) is 8.32. The number of alkyl halides is 3. The molecule has 1 aliphatic rings. The lowest BCUT2D eigenvalue weighted by molar-refractivity contribution is -0.140. The maximum atomic E-state index is 12.6. The molecule has 0 unspecified atom stereocenters. The summed E-state index contributed by atoms with van der Waals surface area (Å²) < 4.78 is 43.2. The number of ether oxygens (including phenoxy) is 1. The average Bonchev–Trinajstić information content (AvgIpc) is 2.43. The lowest BCUT2D eigenvalue weighted by atomic mass is 10.2. The van der Waals surface area contributed by atoms with Crippen LogP contribution < -0.4 is 0 Å². The second-order valence-corrected chi connectivity index (χ2v) is 6.72. The second-order valence-electron chi connectivity index (χ2n) is 5.35. The summed E-state index contributed by atoms with van der Waals surface area (Å²) in [5, 5.41) is 0.101. The fourth-order valence-corrected chi connectivity index (χ4v) is 3.39. The highest BCUT2D eigenvalue weighted by molar-refractivity contribution is 8.00. The van der Waals surface area contributed by atoms with Crippen LogP contribution in [0.1, 0.15) is 19.4 Å². The van der Waals surface area contributed by atoms with Gasteiger partial charge in [0.05, 0.1) is 28.5 Å². The largest absolute Gasteiger partial charge is 0.417 e. The molecule has 1 aromatic rings. The molecule has 2 atom stereocenters. The fraction of sp³-hybridized carbons (Fsp3) is 0.571. The van der Waals surface area contributed by atoms with Crippen molar-refractivity contribution < 1.29 is 22.7 Å². The number of halogens is 4. The Balaban J connectivity index is 1.96. The van der Waals surface area contributed by atoms with E-state index in [1.54, 1.807) is 4.90 Å². The molecule has 128 valence electrons. The highest BCUT2D eigenvalue weighted by Crippen LogP contribution is 2.33. The number of carbonyl (C=O) groups excluding carboxylic acids is 1. The van der Waals surface area contributed by atoms with Gasteiger partial charge in [0.15, 0.2) is 0 Å². The molecule has 0 bridgehead atoms. The number of thioether (sulfide) groups is 1. The first kappa shape index (κ1) is 18.4. The van der Waals surface area contributed by atoms with E-state index in [1.807, 2.05) is 13.8 Å². The predicted octanol–water partition coefficient (Wildman–Crippen LogP) is 3.48. The van der Waals surface area contributed by atoms with Gasteiger partial charge < -0.3 is 9.64 Å². The number of hydrogen-bond acceptors (Lipinski definition) is 4. The van der Waals surface area contributed by atoms with Crippen LogP contribution in [0.4, 0.5) is 13.2 Å². The van der Waals surface area contributed by atoms with Crippen LogP contribution in [-0.4, -0.2) is 46.8 Å². The van der Waals surface area contributed by atoms with E-state index in [2.05, 4.69) is 4.98 Å². The van der Waals surface area contributed by atoms with Crippen LogP contribution in [0.15, 0.2) is 17.3 Å². The van der Waals surface area contributed by atoms with Crippen LogP contribution >= 0.6 is 23.4 Å². The average molecular weight is 369 g/mol. The molecule has 0 saturated carbocycles. The zero-order valence-corrected chi connectivity index (χ0v) is 14.1. The molecule has 0 N–H and O–H groups in total. The van der Waals surface area contributed by atoms with E-state index < -0.39 is 11.7 Å². The minimum atomic E-state index is -4.49. The fourth-order valence-electron chi connectivity index (χ4n) is 2.29. The number of carbonyl (C=O) groups is 1. The quantitative estimate of drug-likeness (QED) is 0.766. The van der Waals surface area contributed by atoms with Gasteiger partial charge in [0.1, 0.15) is 5.03 Å². The first-order valence-electron chi connectivity index (χ1n) is 6.95. The van der Waals surface area contributed by atoms with Crippen molar-refractivity contribution in [1.29, 1.82) is 0 Å². The summed E-state index contributed by atoms with van der Waals surface area (Å²) in [4.78, 5) is 17.6. The summed E-state index contributed by atoms with van der Waals surface area (Å²) in [6.07, 6.45) is -3.85. The number of nitrogens with zero attached hydrogens (tertiary/aromatic N) is 2. The predicted molar refractivity (Wildman–Crippen MR) is 81.6 cm³/mol. The molecule has 4 nitrogen and oxygen atoms in total. The van der Waals surface area contributed by atoms with E-state index >= 15 is 0 Å². The van der Waals surface area contributed by atoms with E-state index in [-0.39, 0.29) is 33.9 Å². The Hall–Kier alpha value is -0.990. The van der Waals surface area contributed by atoms with Crippen molar-refractivity contribution in [3.05, 3.63) is 22.8 Å². The van der Waals surface area contributed by atoms with E-state index in [1.165, 1.54) is 0 Å². The molecular formula is C14H16ClF3N2O2S. The topological polar surface area (TPSA) is 42.4 Å². The van der Waals surface area contributed by atoms with Crippen molar-refractivity contribution in [2.75, 3.05) is 18.8 Å². The smallest absolute Gasteiger partial charge is 0.372 e. The normalized spacial score (nSPS) is 22.3. The molecule has 2 heterocycles. The molecule has 1 aliphatic heterocycles. The van der Waals surface area contributed by atoms with Crippen molar-refractivity contribution in [1.82, 2.24) is 9.88 Å². The summed E-state index contributed by atoms with van der Waals surface area (Å²) in [7, 11) is 0. The molecule has 9 heteroatoms. The zero-order chi connectivity index (χ0) is 17.2. The van der Waals surface area contributed by atoms with Gasteiger partial charge >= 0.3 is 6.18 Å². The molecule has 0 spiro atoms. The Morgan fingerprint density at radius 2 is 2.04 bits per heavy atom. The third-order valence-corrected chi connectivity index (χ3v) is 4.63. The van der Waals surface area contributed by atoms with E-state index in [4.69, 9.17) is 16.3 Å². The molecule has 23 heavy (non-hydrogen) atoms. The number of aromatic nitrogens is 1. The van der Waals surface area contributed by atoms with Gasteiger partial charge in [0, 0.05) is 19.3 Å². The molecule has 1 aromatic heterocycles. The SMILES string of the molecule is C[C@H]1CN(C(=O)CSc2ncc(C(F)(F)F)cc2Cl)C[C@H](C)O1.